The average molecular weight is 385 g/mol. The molecule has 0 radical (unpaired) electrons. The third-order valence-electron chi connectivity index (χ3n) is 4.59. The fraction of sp³-hybridized carbons (Fsp3) is 0.333. The monoisotopic (exact) mass is 384 g/mol. The zero-order valence-electron chi connectivity index (χ0n) is 16.0. The van der Waals surface area contributed by atoms with Gasteiger partial charge in [0, 0.05) is 17.7 Å². The van der Waals surface area contributed by atoms with Crippen LogP contribution in [0.3, 0.4) is 0 Å². The number of nitrogens with one attached hydrogen (secondary N) is 2. The van der Waals surface area contributed by atoms with Crippen LogP contribution in [-0.2, 0) is 4.74 Å². The molecule has 3 rings (SSSR count). The topological polar surface area (TPSA) is 59.6 Å². The van der Waals surface area contributed by atoms with E-state index in [-0.39, 0.29) is 17.6 Å². The van der Waals surface area contributed by atoms with Crippen LogP contribution in [0.1, 0.15) is 47.8 Å². The van der Waals surface area contributed by atoms with Crippen LogP contribution in [-0.4, -0.2) is 23.8 Å². The number of hydrogen-bond acceptors (Lipinski definition) is 4. The second-order valence-corrected chi connectivity index (χ2v) is 7.68. The fourth-order valence-corrected chi connectivity index (χ4v) is 3.50. The highest BCUT2D eigenvalue weighted by Crippen LogP contribution is 2.39. The lowest BCUT2D eigenvalue weighted by Gasteiger charge is -2.38. The summed E-state index contributed by atoms with van der Waals surface area (Å²) in [4.78, 5) is 11.8. The maximum atomic E-state index is 11.8. The molecule has 1 aliphatic heterocycles. The van der Waals surface area contributed by atoms with Crippen molar-refractivity contribution in [1.29, 1.82) is 0 Å². The Morgan fingerprint density at radius 3 is 2.74 bits per heavy atom. The van der Waals surface area contributed by atoms with E-state index in [4.69, 9.17) is 21.7 Å². The van der Waals surface area contributed by atoms with Crippen LogP contribution in [0, 0.1) is 6.92 Å². The Morgan fingerprint density at radius 1 is 1.26 bits per heavy atom. The largest absolute Gasteiger partial charge is 0.487 e. The van der Waals surface area contributed by atoms with Crippen molar-refractivity contribution in [1.82, 2.24) is 5.32 Å². The molecule has 6 heteroatoms. The van der Waals surface area contributed by atoms with E-state index >= 15 is 0 Å². The molecule has 0 saturated heterocycles. The Morgan fingerprint density at radius 2 is 2.00 bits per heavy atom. The molecule has 5 nitrogen and oxygen atoms in total. The lowest BCUT2D eigenvalue weighted by Crippen LogP contribution is -2.42. The number of anilines is 1. The van der Waals surface area contributed by atoms with E-state index in [2.05, 4.69) is 24.5 Å². The van der Waals surface area contributed by atoms with Gasteiger partial charge in [-0.25, -0.2) is 4.79 Å². The second kappa shape index (κ2) is 7.56. The third kappa shape index (κ3) is 4.39. The first-order valence-electron chi connectivity index (χ1n) is 8.83. The van der Waals surface area contributed by atoms with Crippen molar-refractivity contribution >= 4 is 29.0 Å². The summed E-state index contributed by atoms with van der Waals surface area (Å²) in [6, 6.07) is 13.4. The molecule has 0 aliphatic carbocycles. The fourth-order valence-electron chi connectivity index (χ4n) is 3.25. The first-order valence-corrected chi connectivity index (χ1v) is 9.24. The number of fused-ring (bicyclic) bond motifs is 1. The molecule has 27 heavy (non-hydrogen) atoms. The molecule has 2 N–H and O–H groups in total. The van der Waals surface area contributed by atoms with E-state index in [1.807, 2.05) is 37.3 Å². The number of methoxy groups -OCH3 is 1. The number of esters is 1. The highest BCUT2D eigenvalue weighted by molar-refractivity contribution is 7.80. The van der Waals surface area contributed by atoms with E-state index in [0.29, 0.717) is 10.7 Å². The van der Waals surface area contributed by atoms with Crippen molar-refractivity contribution in [2.45, 2.75) is 38.8 Å². The molecule has 1 heterocycles. The summed E-state index contributed by atoms with van der Waals surface area (Å²) in [7, 11) is 1.37. The van der Waals surface area contributed by atoms with Gasteiger partial charge in [0.25, 0.3) is 0 Å². The van der Waals surface area contributed by atoms with Crippen LogP contribution in [0.25, 0.3) is 0 Å². The van der Waals surface area contributed by atoms with Crippen LogP contribution in [0.5, 0.6) is 5.75 Å². The van der Waals surface area contributed by atoms with E-state index in [1.165, 1.54) is 7.11 Å². The SMILES string of the molecule is COC(=O)c1ccc(C)c(NC(=S)N[C@@H]2CC(C)(C)Oc3ccccc32)c1. The van der Waals surface area contributed by atoms with Crippen molar-refractivity contribution in [2.24, 2.45) is 0 Å². The summed E-state index contributed by atoms with van der Waals surface area (Å²) in [5, 5.41) is 7.10. The normalized spacial score (nSPS) is 17.3. The van der Waals surface area contributed by atoms with Gasteiger partial charge < -0.3 is 20.1 Å². The number of para-hydroxylation sites is 1. The molecule has 2 aromatic rings. The Kier molecular flexibility index (Phi) is 5.37. The lowest BCUT2D eigenvalue weighted by atomic mass is 9.90. The predicted octanol–water partition coefficient (Wildman–Crippen LogP) is 4.37. The Balaban J connectivity index is 1.78. The zero-order chi connectivity index (χ0) is 19.6. The number of rotatable bonds is 3. The van der Waals surface area contributed by atoms with Crippen LogP contribution in [0.2, 0.25) is 0 Å². The standard InChI is InChI=1S/C21H24N2O3S/c1-13-9-10-14(19(24)25-4)11-16(13)22-20(27)23-17-12-21(2,3)26-18-8-6-5-7-15(17)18/h5-11,17H,12H2,1-4H3,(H2,22,23,27)/t17-/m1/s1. The van der Waals surface area contributed by atoms with Crippen LogP contribution < -0.4 is 15.4 Å². The summed E-state index contributed by atoms with van der Waals surface area (Å²) < 4.78 is 10.9. The number of benzene rings is 2. The Hall–Kier alpha value is -2.60. The molecule has 0 fully saturated rings. The van der Waals surface area contributed by atoms with Gasteiger partial charge in [0.2, 0.25) is 0 Å². The van der Waals surface area contributed by atoms with Gasteiger partial charge >= 0.3 is 5.97 Å². The number of thiocarbonyl (C=S) groups is 1. The van der Waals surface area contributed by atoms with Gasteiger partial charge in [-0.15, -0.1) is 0 Å². The Bertz CT molecular complexity index is 879. The van der Waals surface area contributed by atoms with Crippen molar-refractivity contribution in [3.05, 3.63) is 59.2 Å². The summed E-state index contributed by atoms with van der Waals surface area (Å²) in [6.45, 7) is 6.09. The van der Waals surface area contributed by atoms with Crippen LogP contribution >= 0.6 is 12.2 Å². The van der Waals surface area contributed by atoms with Gasteiger partial charge in [0.05, 0.1) is 18.7 Å². The molecule has 2 aromatic carbocycles. The number of carbonyl (C=O) groups excluding carboxylic acids is 1. The lowest BCUT2D eigenvalue weighted by molar-refractivity contribution is 0.0600. The highest BCUT2D eigenvalue weighted by Gasteiger charge is 2.33. The van der Waals surface area contributed by atoms with Crippen LogP contribution in [0.15, 0.2) is 42.5 Å². The zero-order valence-corrected chi connectivity index (χ0v) is 16.8. The minimum Gasteiger partial charge on any atom is -0.487 e. The number of ether oxygens (including phenoxy) is 2. The molecular weight excluding hydrogens is 360 g/mol. The first kappa shape index (κ1) is 19.2. The van der Waals surface area contributed by atoms with Gasteiger partial charge in [0.1, 0.15) is 11.4 Å². The minimum absolute atomic E-state index is 0.0362. The maximum absolute atomic E-state index is 11.8. The predicted molar refractivity (Wildman–Crippen MR) is 110 cm³/mol. The molecule has 1 atom stereocenters. The second-order valence-electron chi connectivity index (χ2n) is 7.28. The van der Waals surface area contributed by atoms with E-state index in [0.717, 1.165) is 29.0 Å². The molecule has 0 spiro atoms. The van der Waals surface area contributed by atoms with E-state index in [1.54, 1.807) is 12.1 Å². The van der Waals surface area contributed by atoms with Crippen LogP contribution in [0.4, 0.5) is 5.69 Å². The molecule has 142 valence electrons. The smallest absolute Gasteiger partial charge is 0.337 e. The van der Waals surface area contributed by atoms with Crippen molar-refractivity contribution in [2.75, 3.05) is 12.4 Å². The quantitative estimate of drug-likeness (QED) is 0.605. The summed E-state index contributed by atoms with van der Waals surface area (Å²) in [5.74, 6) is 0.495. The number of aryl methyl sites for hydroxylation is 1. The van der Waals surface area contributed by atoms with E-state index < -0.39 is 0 Å². The first-order chi connectivity index (χ1) is 12.8. The molecule has 0 saturated carbocycles. The summed E-state index contributed by atoms with van der Waals surface area (Å²) in [6.07, 6.45) is 0.785. The van der Waals surface area contributed by atoms with Gasteiger partial charge in [-0.3, -0.25) is 0 Å². The highest BCUT2D eigenvalue weighted by atomic mass is 32.1. The Labute approximate surface area is 165 Å². The van der Waals surface area contributed by atoms with E-state index in [9.17, 15) is 4.79 Å². The number of hydrogen-bond donors (Lipinski definition) is 2. The van der Waals surface area contributed by atoms with Crippen molar-refractivity contribution in [3.63, 3.8) is 0 Å². The van der Waals surface area contributed by atoms with Crippen molar-refractivity contribution in [3.8, 4) is 5.75 Å². The van der Waals surface area contributed by atoms with Gasteiger partial charge in [-0.1, -0.05) is 24.3 Å². The van der Waals surface area contributed by atoms with Gasteiger partial charge in [-0.2, -0.15) is 0 Å². The van der Waals surface area contributed by atoms with Gasteiger partial charge in [0.15, 0.2) is 5.11 Å². The molecule has 1 aliphatic rings. The molecule has 0 amide bonds. The third-order valence-corrected chi connectivity index (χ3v) is 4.81. The molecule has 0 aromatic heterocycles. The summed E-state index contributed by atoms with van der Waals surface area (Å²) >= 11 is 5.54. The van der Waals surface area contributed by atoms with Gasteiger partial charge in [-0.05, 0) is 56.8 Å². The maximum Gasteiger partial charge on any atom is 0.337 e. The molecular formula is C21H24N2O3S. The average Bonchev–Trinajstić information content (AvgIpc) is 2.62. The number of carbonyl (C=O) groups is 1. The minimum atomic E-state index is -0.378. The summed E-state index contributed by atoms with van der Waals surface area (Å²) in [5.41, 5.74) is 3.03. The molecule has 0 bridgehead atoms. The molecule has 0 unspecified atom stereocenters. The van der Waals surface area contributed by atoms with Crippen molar-refractivity contribution < 1.29 is 14.3 Å².